The predicted molar refractivity (Wildman–Crippen MR) is 160 cm³/mol. The van der Waals surface area contributed by atoms with Crippen molar-refractivity contribution in [2.24, 2.45) is 11.8 Å². The molecule has 2 aromatic carbocycles. The van der Waals surface area contributed by atoms with Crippen LogP contribution in [0.5, 0.6) is 0 Å². The van der Waals surface area contributed by atoms with Gasteiger partial charge < -0.3 is 9.80 Å². The molecule has 226 valence electrons. The number of carbonyl (C=O) groups is 1. The molecule has 0 atom stereocenters. The Hall–Kier alpha value is -1.76. The van der Waals surface area contributed by atoms with Crippen LogP contribution in [0.25, 0.3) is 0 Å². The van der Waals surface area contributed by atoms with E-state index in [1.807, 2.05) is 0 Å². The monoisotopic (exact) mass is 647 g/mol. The molecule has 13 heteroatoms. The van der Waals surface area contributed by atoms with Gasteiger partial charge in [-0.3, -0.25) is 4.79 Å². The lowest BCUT2D eigenvalue weighted by Crippen LogP contribution is -2.45. The van der Waals surface area contributed by atoms with Crippen LogP contribution in [0.2, 0.25) is 10.0 Å². The van der Waals surface area contributed by atoms with Crippen molar-refractivity contribution in [1.82, 2.24) is 9.21 Å². The molecule has 0 aliphatic carbocycles. The second-order valence-electron chi connectivity index (χ2n) is 10.9. The third-order valence-corrected chi connectivity index (χ3v) is 11.9. The molecular formula is C28H36Cl2FN3O5S2. The van der Waals surface area contributed by atoms with Crippen molar-refractivity contribution in [1.29, 1.82) is 0 Å². The summed E-state index contributed by atoms with van der Waals surface area (Å²) in [5, 5.41) is 0.750. The zero-order chi connectivity index (χ0) is 29.8. The zero-order valence-corrected chi connectivity index (χ0v) is 26.2. The smallest absolute Gasteiger partial charge is 0.230 e. The first-order chi connectivity index (χ1) is 19.3. The molecule has 2 heterocycles. The summed E-state index contributed by atoms with van der Waals surface area (Å²) in [7, 11) is -6.77. The molecule has 2 aromatic rings. The standard InChI is InChI=1S/C28H36Cl2FN3O5S2/c1-40(36,37)33-17-11-22(12-18-33)28(35)34(24-5-8-26(29)27(30)19-24)14-2-13-32-15-9-21(10-16-32)20-41(38,39)25-6-3-23(31)4-7-25/h3-8,19,21-22H,2,9-18,20H2,1H3. The van der Waals surface area contributed by atoms with Gasteiger partial charge in [0.05, 0.1) is 26.9 Å². The number of nitrogens with zero attached hydrogens (tertiary/aromatic N) is 3. The van der Waals surface area contributed by atoms with Crippen LogP contribution in [0.3, 0.4) is 0 Å². The molecule has 2 fully saturated rings. The fourth-order valence-electron chi connectivity index (χ4n) is 5.55. The second kappa shape index (κ2) is 13.7. The maximum atomic E-state index is 13.6. The van der Waals surface area contributed by atoms with Crippen LogP contribution < -0.4 is 4.90 Å². The molecule has 0 unspecified atom stereocenters. The van der Waals surface area contributed by atoms with Crippen molar-refractivity contribution < 1.29 is 26.0 Å². The highest BCUT2D eigenvalue weighted by molar-refractivity contribution is 7.91. The van der Waals surface area contributed by atoms with Gasteiger partial charge in [-0.2, -0.15) is 0 Å². The fourth-order valence-corrected chi connectivity index (χ4v) is 8.42. The lowest BCUT2D eigenvalue weighted by atomic mass is 9.96. The van der Waals surface area contributed by atoms with Crippen molar-refractivity contribution in [3.63, 3.8) is 0 Å². The summed E-state index contributed by atoms with van der Waals surface area (Å²) in [6.07, 6.45) is 4.29. The summed E-state index contributed by atoms with van der Waals surface area (Å²) in [5.74, 6) is -0.727. The molecule has 2 aliphatic rings. The second-order valence-corrected chi connectivity index (χ2v) is 15.7. The molecule has 0 bridgehead atoms. The van der Waals surface area contributed by atoms with Gasteiger partial charge in [0, 0.05) is 31.2 Å². The molecule has 0 saturated carbocycles. The van der Waals surface area contributed by atoms with Crippen LogP contribution in [0, 0.1) is 17.7 Å². The molecule has 0 N–H and O–H groups in total. The summed E-state index contributed by atoms with van der Waals surface area (Å²) in [6.45, 7) is 3.35. The Kier molecular flexibility index (Phi) is 10.7. The van der Waals surface area contributed by atoms with Crippen LogP contribution >= 0.6 is 23.2 Å². The van der Waals surface area contributed by atoms with Crippen LogP contribution in [-0.4, -0.2) is 83.2 Å². The minimum absolute atomic E-state index is 0.0355. The fraction of sp³-hybridized carbons (Fsp3) is 0.536. The number of halogens is 3. The number of anilines is 1. The number of sulfonamides is 1. The third kappa shape index (κ3) is 8.64. The number of benzene rings is 2. The van der Waals surface area contributed by atoms with Gasteiger partial charge in [-0.1, -0.05) is 23.2 Å². The first kappa shape index (κ1) is 32.2. The molecule has 0 spiro atoms. The lowest BCUT2D eigenvalue weighted by molar-refractivity contribution is -0.123. The summed E-state index contributed by atoms with van der Waals surface area (Å²) in [6, 6.07) is 10.1. The third-order valence-electron chi connectivity index (χ3n) is 7.94. The summed E-state index contributed by atoms with van der Waals surface area (Å²) in [5.41, 5.74) is 0.652. The van der Waals surface area contributed by atoms with Crippen LogP contribution in [0.1, 0.15) is 32.1 Å². The molecule has 4 rings (SSSR count). The van der Waals surface area contributed by atoms with Crippen molar-refractivity contribution in [2.75, 3.05) is 56.2 Å². The van der Waals surface area contributed by atoms with Crippen LogP contribution in [0.15, 0.2) is 47.4 Å². The van der Waals surface area contributed by atoms with Gasteiger partial charge in [-0.15, -0.1) is 0 Å². The van der Waals surface area contributed by atoms with E-state index in [-0.39, 0.29) is 28.4 Å². The van der Waals surface area contributed by atoms with E-state index >= 15 is 0 Å². The van der Waals surface area contributed by atoms with E-state index in [0.717, 1.165) is 32.5 Å². The summed E-state index contributed by atoms with van der Waals surface area (Å²) in [4.78, 5) is 17.8. The zero-order valence-electron chi connectivity index (χ0n) is 23.0. The number of sulfone groups is 1. The highest BCUT2D eigenvalue weighted by Crippen LogP contribution is 2.30. The molecule has 41 heavy (non-hydrogen) atoms. The van der Waals surface area contributed by atoms with Crippen molar-refractivity contribution in [3.05, 3.63) is 58.3 Å². The predicted octanol–water partition coefficient (Wildman–Crippen LogP) is 4.71. The van der Waals surface area contributed by atoms with Gasteiger partial charge in [-0.05, 0) is 100 Å². The SMILES string of the molecule is CS(=O)(=O)N1CCC(C(=O)N(CCCN2CCC(CS(=O)(=O)c3ccc(F)cc3)CC2)c2ccc(Cl)c(Cl)c2)CC1. The highest BCUT2D eigenvalue weighted by atomic mass is 35.5. The van der Waals surface area contributed by atoms with Gasteiger partial charge >= 0.3 is 0 Å². The molecule has 2 saturated heterocycles. The lowest BCUT2D eigenvalue weighted by Gasteiger charge is -2.34. The number of likely N-dealkylation sites (tertiary alicyclic amines) is 1. The van der Waals surface area contributed by atoms with Gasteiger partial charge in [-0.25, -0.2) is 25.5 Å². The van der Waals surface area contributed by atoms with Crippen molar-refractivity contribution in [2.45, 2.75) is 37.0 Å². The summed E-state index contributed by atoms with van der Waals surface area (Å²) >= 11 is 12.4. The van der Waals surface area contributed by atoms with E-state index in [1.54, 1.807) is 23.1 Å². The number of piperidine rings is 2. The number of hydrogen-bond acceptors (Lipinski definition) is 6. The Labute approximate surface area is 252 Å². The summed E-state index contributed by atoms with van der Waals surface area (Å²) < 4.78 is 63.9. The van der Waals surface area contributed by atoms with Crippen molar-refractivity contribution in [3.8, 4) is 0 Å². The van der Waals surface area contributed by atoms with E-state index in [4.69, 9.17) is 23.2 Å². The first-order valence-electron chi connectivity index (χ1n) is 13.8. The Morgan fingerprint density at radius 2 is 1.56 bits per heavy atom. The Balaban J connectivity index is 1.32. The van der Waals surface area contributed by atoms with E-state index < -0.39 is 25.7 Å². The molecule has 0 aromatic heterocycles. The number of rotatable bonds is 10. The maximum absolute atomic E-state index is 13.6. The normalized spacial score (nSPS) is 18.4. The largest absolute Gasteiger partial charge is 0.312 e. The van der Waals surface area contributed by atoms with E-state index in [0.29, 0.717) is 54.6 Å². The quantitative estimate of drug-likeness (QED) is 0.347. The Morgan fingerprint density at radius 3 is 2.15 bits per heavy atom. The number of carbonyl (C=O) groups excluding carboxylic acids is 1. The maximum Gasteiger partial charge on any atom is 0.230 e. The van der Waals surface area contributed by atoms with Crippen LogP contribution in [0.4, 0.5) is 10.1 Å². The molecule has 0 radical (unpaired) electrons. The van der Waals surface area contributed by atoms with E-state index in [2.05, 4.69) is 4.90 Å². The number of hydrogen-bond donors (Lipinski definition) is 0. The topological polar surface area (TPSA) is 95.1 Å². The molecule has 8 nitrogen and oxygen atoms in total. The van der Waals surface area contributed by atoms with E-state index in [9.17, 15) is 26.0 Å². The van der Waals surface area contributed by atoms with Gasteiger partial charge in [0.2, 0.25) is 15.9 Å². The highest BCUT2D eigenvalue weighted by Gasteiger charge is 2.32. The van der Waals surface area contributed by atoms with Crippen LogP contribution in [-0.2, 0) is 24.7 Å². The average molecular weight is 649 g/mol. The van der Waals surface area contributed by atoms with E-state index in [1.165, 1.54) is 34.8 Å². The minimum atomic E-state index is -3.48. The van der Waals surface area contributed by atoms with Gasteiger partial charge in [0.1, 0.15) is 5.82 Å². The average Bonchev–Trinajstić information content (AvgIpc) is 2.93. The Morgan fingerprint density at radius 1 is 0.927 bits per heavy atom. The molecule has 2 aliphatic heterocycles. The van der Waals surface area contributed by atoms with Gasteiger partial charge in [0.25, 0.3) is 0 Å². The molecule has 1 amide bonds. The number of amides is 1. The Bertz CT molecular complexity index is 1430. The molecular weight excluding hydrogens is 612 g/mol. The van der Waals surface area contributed by atoms with Crippen molar-refractivity contribution >= 4 is 54.7 Å². The minimum Gasteiger partial charge on any atom is -0.312 e. The first-order valence-corrected chi connectivity index (χ1v) is 18.0. The van der Waals surface area contributed by atoms with Gasteiger partial charge in [0.15, 0.2) is 9.84 Å².